The molecule has 0 radical (unpaired) electrons. The maximum Gasteiger partial charge on any atom is 0.227 e. The number of hydrogen-bond acceptors (Lipinski definition) is 6. The number of fused-ring (bicyclic) bond motifs is 1. The molecule has 0 aromatic carbocycles. The van der Waals surface area contributed by atoms with Crippen LogP contribution < -0.4 is 9.80 Å². The molecule has 2 saturated heterocycles. The predicted octanol–water partition coefficient (Wildman–Crippen LogP) is 2.18. The zero-order valence-corrected chi connectivity index (χ0v) is 15.3. The fraction of sp³-hybridized carbons (Fsp3) is 0.526. The second-order valence-electron chi connectivity index (χ2n) is 7.40. The molecule has 4 heterocycles. The van der Waals surface area contributed by atoms with Crippen molar-refractivity contribution >= 4 is 11.8 Å². The van der Waals surface area contributed by atoms with E-state index in [9.17, 15) is 4.39 Å². The molecule has 7 heteroatoms. The van der Waals surface area contributed by atoms with Crippen molar-refractivity contribution in [2.45, 2.75) is 25.4 Å². The lowest BCUT2D eigenvalue weighted by molar-refractivity contribution is 0.198. The van der Waals surface area contributed by atoms with E-state index in [1.165, 1.54) is 12.6 Å². The van der Waals surface area contributed by atoms with Gasteiger partial charge in [-0.2, -0.15) is 4.98 Å². The molecule has 6 nitrogen and oxygen atoms in total. The van der Waals surface area contributed by atoms with Gasteiger partial charge in [-0.3, -0.25) is 9.88 Å². The van der Waals surface area contributed by atoms with Crippen molar-refractivity contribution in [3.05, 3.63) is 42.1 Å². The van der Waals surface area contributed by atoms with Crippen molar-refractivity contribution in [2.75, 3.05) is 43.5 Å². The lowest BCUT2D eigenvalue weighted by Gasteiger charge is -2.38. The van der Waals surface area contributed by atoms with Crippen molar-refractivity contribution in [1.29, 1.82) is 0 Å². The molecule has 26 heavy (non-hydrogen) atoms. The van der Waals surface area contributed by atoms with Crippen LogP contribution in [0, 0.1) is 11.7 Å². The Morgan fingerprint density at radius 1 is 1.19 bits per heavy atom. The van der Waals surface area contributed by atoms with E-state index in [1.807, 2.05) is 31.3 Å². The van der Waals surface area contributed by atoms with Gasteiger partial charge in [-0.25, -0.2) is 9.37 Å². The topological polar surface area (TPSA) is 48.4 Å². The molecule has 0 saturated carbocycles. The standard InChI is InChI=1S/C19H25FN6/c1-24(2)18-4-8-22-19(23-18)26-10-6-14-5-9-25(17(14)13-26)12-15-3-7-21-11-16(15)20/h3-4,7-8,11,14,17H,5-6,9-10,12-13H2,1-2H3. The van der Waals surface area contributed by atoms with Crippen molar-refractivity contribution in [1.82, 2.24) is 19.9 Å². The van der Waals surface area contributed by atoms with E-state index in [1.54, 1.807) is 12.3 Å². The molecule has 2 aromatic heterocycles. The molecule has 2 aliphatic rings. The highest BCUT2D eigenvalue weighted by molar-refractivity contribution is 5.43. The molecule has 4 rings (SSSR count). The predicted molar refractivity (Wildman–Crippen MR) is 99.7 cm³/mol. The van der Waals surface area contributed by atoms with E-state index in [0.29, 0.717) is 18.5 Å². The quantitative estimate of drug-likeness (QED) is 0.837. The molecule has 2 aliphatic heterocycles. The lowest BCUT2D eigenvalue weighted by atomic mass is 9.92. The number of aromatic nitrogens is 3. The normalized spacial score (nSPS) is 23.1. The van der Waals surface area contributed by atoms with Gasteiger partial charge >= 0.3 is 0 Å². The third kappa shape index (κ3) is 3.35. The second-order valence-corrected chi connectivity index (χ2v) is 7.40. The van der Waals surface area contributed by atoms with E-state index < -0.39 is 0 Å². The number of hydrogen-bond donors (Lipinski definition) is 0. The van der Waals surface area contributed by atoms with Gasteiger partial charge in [0.1, 0.15) is 11.6 Å². The van der Waals surface area contributed by atoms with Crippen molar-refractivity contribution in [3.8, 4) is 0 Å². The number of pyridine rings is 1. The fourth-order valence-electron chi connectivity index (χ4n) is 4.10. The minimum atomic E-state index is -0.217. The summed E-state index contributed by atoms with van der Waals surface area (Å²) in [4.78, 5) is 19.7. The van der Waals surface area contributed by atoms with E-state index in [2.05, 4.69) is 24.8 Å². The van der Waals surface area contributed by atoms with Gasteiger partial charge in [0.15, 0.2) is 0 Å². The SMILES string of the molecule is CN(C)c1ccnc(N2CCC3CCN(Cc4ccncc4F)C3C2)n1. The summed E-state index contributed by atoms with van der Waals surface area (Å²) >= 11 is 0. The molecule has 2 fully saturated rings. The number of anilines is 2. The first kappa shape index (κ1) is 17.1. The summed E-state index contributed by atoms with van der Waals surface area (Å²) in [6.07, 6.45) is 7.11. The molecule has 2 atom stereocenters. The Bertz CT molecular complexity index is 767. The van der Waals surface area contributed by atoms with Crippen LogP contribution in [0.3, 0.4) is 0 Å². The summed E-state index contributed by atoms with van der Waals surface area (Å²) in [6, 6.07) is 4.12. The van der Waals surface area contributed by atoms with E-state index in [4.69, 9.17) is 0 Å². The van der Waals surface area contributed by atoms with Crippen LogP contribution in [-0.2, 0) is 6.54 Å². The first-order chi connectivity index (χ1) is 12.6. The van der Waals surface area contributed by atoms with Gasteiger partial charge in [0.2, 0.25) is 5.95 Å². The monoisotopic (exact) mass is 356 g/mol. The second kappa shape index (κ2) is 7.15. The Morgan fingerprint density at radius 2 is 2.04 bits per heavy atom. The summed E-state index contributed by atoms with van der Waals surface area (Å²) in [5, 5.41) is 0. The average Bonchev–Trinajstić information content (AvgIpc) is 3.06. The van der Waals surface area contributed by atoms with Crippen LogP contribution in [0.15, 0.2) is 30.7 Å². The van der Waals surface area contributed by atoms with Crippen LogP contribution in [0.5, 0.6) is 0 Å². The summed E-state index contributed by atoms with van der Waals surface area (Å²) < 4.78 is 14.0. The fourth-order valence-corrected chi connectivity index (χ4v) is 4.10. The lowest BCUT2D eigenvalue weighted by Crippen LogP contribution is -2.48. The summed E-state index contributed by atoms with van der Waals surface area (Å²) in [7, 11) is 3.97. The third-order valence-corrected chi connectivity index (χ3v) is 5.58. The molecule has 0 bridgehead atoms. The van der Waals surface area contributed by atoms with Crippen molar-refractivity contribution in [3.63, 3.8) is 0 Å². The van der Waals surface area contributed by atoms with Gasteiger partial charge in [-0.05, 0) is 37.4 Å². The molecule has 0 spiro atoms. The molecule has 0 N–H and O–H groups in total. The highest BCUT2D eigenvalue weighted by atomic mass is 19.1. The van der Waals surface area contributed by atoms with Crippen molar-refractivity contribution < 1.29 is 4.39 Å². The Kier molecular flexibility index (Phi) is 4.72. The summed E-state index contributed by atoms with van der Waals surface area (Å²) in [6.45, 7) is 3.54. The first-order valence-electron chi connectivity index (χ1n) is 9.19. The van der Waals surface area contributed by atoms with Crippen LogP contribution in [0.25, 0.3) is 0 Å². The van der Waals surface area contributed by atoms with E-state index >= 15 is 0 Å². The van der Waals surface area contributed by atoms with E-state index in [0.717, 1.165) is 43.4 Å². The number of piperidine rings is 1. The van der Waals surface area contributed by atoms with Crippen LogP contribution in [-0.4, -0.2) is 59.6 Å². The highest BCUT2D eigenvalue weighted by Crippen LogP contribution is 2.34. The van der Waals surface area contributed by atoms with E-state index in [-0.39, 0.29) is 5.82 Å². The third-order valence-electron chi connectivity index (χ3n) is 5.58. The van der Waals surface area contributed by atoms with Gasteiger partial charge in [-0.1, -0.05) is 0 Å². The Balaban J connectivity index is 1.50. The maximum atomic E-state index is 14.0. The number of halogens is 1. The van der Waals surface area contributed by atoms with Gasteiger partial charge in [0.25, 0.3) is 0 Å². The first-order valence-corrected chi connectivity index (χ1v) is 9.19. The smallest absolute Gasteiger partial charge is 0.227 e. The van der Waals surface area contributed by atoms with Gasteiger partial charge < -0.3 is 9.80 Å². The van der Waals surface area contributed by atoms with Crippen LogP contribution in [0.1, 0.15) is 18.4 Å². The summed E-state index contributed by atoms with van der Waals surface area (Å²) in [5.41, 5.74) is 0.726. The van der Waals surface area contributed by atoms with Crippen LogP contribution >= 0.6 is 0 Å². The number of rotatable bonds is 4. The molecular weight excluding hydrogens is 331 g/mol. The largest absolute Gasteiger partial charge is 0.363 e. The molecule has 0 amide bonds. The number of likely N-dealkylation sites (tertiary alicyclic amines) is 1. The minimum Gasteiger partial charge on any atom is -0.363 e. The van der Waals surface area contributed by atoms with Gasteiger partial charge in [0.05, 0.1) is 6.20 Å². The molecular formula is C19H25FN6. The molecule has 0 aliphatic carbocycles. The molecule has 2 unspecified atom stereocenters. The zero-order valence-electron chi connectivity index (χ0n) is 15.3. The van der Waals surface area contributed by atoms with Gasteiger partial charge in [0, 0.05) is 57.7 Å². The molecule has 138 valence electrons. The Hall–Kier alpha value is -2.28. The maximum absolute atomic E-state index is 14.0. The zero-order chi connectivity index (χ0) is 18.1. The summed E-state index contributed by atoms with van der Waals surface area (Å²) in [5.74, 6) is 2.16. The number of nitrogens with zero attached hydrogens (tertiary/aromatic N) is 6. The highest BCUT2D eigenvalue weighted by Gasteiger charge is 2.39. The minimum absolute atomic E-state index is 0.217. The van der Waals surface area contributed by atoms with Crippen molar-refractivity contribution in [2.24, 2.45) is 5.92 Å². The average molecular weight is 356 g/mol. The van der Waals surface area contributed by atoms with Crippen LogP contribution in [0.2, 0.25) is 0 Å². The molecule has 2 aromatic rings. The Morgan fingerprint density at radius 3 is 2.85 bits per heavy atom. The van der Waals surface area contributed by atoms with Crippen LogP contribution in [0.4, 0.5) is 16.2 Å². The van der Waals surface area contributed by atoms with Gasteiger partial charge in [-0.15, -0.1) is 0 Å². The Labute approximate surface area is 153 Å².